The van der Waals surface area contributed by atoms with Crippen LogP contribution < -0.4 is 10.5 Å². The molecule has 0 aliphatic carbocycles. The van der Waals surface area contributed by atoms with Crippen LogP contribution in [0.1, 0.15) is 10.4 Å². The molecule has 2 N–H and O–H groups in total. The molecule has 6 heteroatoms. The number of nitrogens with two attached hydrogens (primary N) is 1. The molecule has 2 rings (SSSR count). The zero-order chi connectivity index (χ0) is 15.2. The minimum atomic E-state index is -0.640. The minimum absolute atomic E-state index is 0.0573. The van der Waals surface area contributed by atoms with Gasteiger partial charge in [0.1, 0.15) is 24.8 Å². The van der Waals surface area contributed by atoms with Gasteiger partial charge in [0.25, 0.3) is 0 Å². The first-order valence-corrected chi connectivity index (χ1v) is 6.95. The summed E-state index contributed by atoms with van der Waals surface area (Å²) in [4.78, 5) is 11.7. The van der Waals surface area contributed by atoms with Crippen molar-refractivity contribution in [3.05, 3.63) is 58.3 Å². The third-order valence-electron chi connectivity index (χ3n) is 2.54. The Hall–Kier alpha value is -2.08. The highest BCUT2D eigenvalue weighted by Crippen LogP contribution is 2.17. The zero-order valence-electron chi connectivity index (χ0n) is 11.0. The Morgan fingerprint density at radius 1 is 1.19 bits per heavy atom. The molecule has 2 aromatic carbocycles. The van der Waals surface area contributed by atoms with Crippen molar-refractivity contribution in [1.82, 2.24) is 0 Å². The number of anilines is 1. The molecule has 0 aromatic heterocycles. The van der Waals surface area contributed by atoms with Crippen LogP contribution >= 0.6 is 15.9 Å². The number of halogens is 2. The Bertz CT molecular complexity index is 628. The Kier molecular flexibility index (Phi) is 5.16. The van der Waals surface area contributed by atoms with Gasteiger partial charge in [-0.1, -0.05) is 22.0 Å². The van der Waals surface area contributed by atoms with Gasteiger partial charge in [-0.05, 0) is 36.4 Å². The first kappa shape index (κ1) is 15.3. The highest BCUT2D eigenvalue weighted by molar-refractivity contribution is 9.10. The summed E-state index contributed by atoms with van der Waals surface area (Å²) in [5, 5.41) is 0. The van der Waals surface area contributed by atoms with E-state index in [1.165, 1.54) is 6.07 Å². The number of esters is 1. The predicted octanol–water partition coefficient (Wildman–Crippen LogP) is 3.41. The lowest BCUT2D eigenvalue weighted by molar-refractivity contribution is 0.0450. The molecule has 110 valence electrons. The minimum Gasteiger partial charge on any atom is -0.490 e. The Labute approximate surface area is 129 Å². The Balaban J connectivity index is 1.82. The standard InChI is InChI=1S/C15H13BrFNO3/c16-11-2-1-3-14(8-11)20-4-5-21-15(19)10-6-12(17)9-13(18)7-10/h1-3,6-9H,4-5,18H2. The van der Waals surface area contributed by atoms with E-state index >= 15 is 0 Å². The molecule has 21 heavy (non-hydrogen) atoms. The summed E-state index contributed by atoms with van der Waals surface area (Å²) in [5.74, 6) is -0.554. The lowest BCUT2D eigenvalue weighted by Crippen LogP contribution is -2.12. The van der Waals surface area contributed by atoms with Gasteiger partial charge in [0.15, 0.2) is 0 Å². The fourth-order valence-corrected chi connectivity index (χ4v) is 2.04. The van der Waals surface area contributed by atoms with Crippen molar-refractivity contribution >= 4 is 27.6 Å². The van der Waals surface area contributed by atoms with E-state index in [-0.39, 0.29) is 24.5 Å². The van der Waals surface area contributed by atoms with E-state index in [0.29, 0.717) is 5.75 Å². The number of ether oxygens (including phenoxy) is 2. The van der Waals surface area contributed by atoms with Crippen LogP contribution in [0.15, 0.2) is 46.9 Å². The molecular weight excluding hydrogens is 341 g/mol. The van der Waals surface area contributed by atoms with Crippen molar-refractivity contribution in [3.63, 3.8) is 0 Å². The summed E-state index contributed by atoms with van der Waals surface area (Å²) < 4.78 is 24.4. The van der Waals surface area contributed by atoms with E-state index in [0.717, 1.165) is 16.6 Å². The Morgan fingerprint density at radius 2 is 2.00 bits per heavy atom. The molecule has 0 heterocycles. The maximum atomic E-state index is 13.1. The molecule has 0 aliphatic rings. The summed E-state index contributed by atoms with van der Waals surface area (Å²) >= 11 is 3.33. The van der Waals surface area contributed by atoms with Gasteiger partial charge >= 0.3 is 5.97 Å². The number of benzene rings is 2. The number of nitrogen functional groups attached to an aromatic ring is 1. The highest BCUT2D eigenvalue weighted by atomic mass is 79.9. The number of hydrogen-bond donors (Lipinski definition) is 1. The van der Waals surface area contributed by atoms with Crippen LogP contribution in [-0.4, -0.2) is 19.2 Å². The summed E-state index contributed by atoms with van der Waals surface area (Å²) in [7, 11) is 0. The SMILES string of the molecule is Nc1cc(F)cc(C(=O)OCCOc2cccc(Br)c2)c1. The van der Waals surface area contributed by atoms with E-state index in [9.17, 15) is 9.18 Å². The van der Waals surface area contributed by atoms with Crippen molar-refractivity contribution in [2.45, 2.75) is 0 Å². The van der Waals surface area contributed by atoms with E-state index in [4.69, 9.17) is 15.2 Å². The van der Waals surface area contributed by atoms with Crippen LogP contribution in [0.5, 0.6) is 5.75 Å². The lowest BCUT2D eigenvalue weighted by atomic mass is 10.2. The van der Waals surface area contributed by atoms with Crippen molar-refractivity contribution in [3.8, 4) is 5.75 Å². The van der Waals surface area contributed by atoms with Gasteiger partial charge < -0.3 is 15.2 Å². The third kappa shape index (κ3) is 4.75. The molecule has 0 atom stereocenters. The average molecular weight is 354 g/mol. The van der Waals surface area contributed by atoms with Crippen molar-refractivity contribution < 1.29 is 18.7 Å². The van der Waals surface area contributed by atoms with E-state index < -0.39 is 11.8 Å². The number of rotatable bonds is 5. The second-order valence-corrected chi connectivity index (χ2v) is 5.13. The predicted molar refractivity (Wildman–Crippen MR) is 80.7 cm³/mol. The van der Waals surface area contributed by atoms with E-state index in [2.05, 4.69) is 15.9 Å². The average Bonchev–Trinajstić information content (AvgIpc) is 2.42. The maximum absolute atomic E-state index is 13.1. The molecule has 4 nitrogen and oxygen atoms in total. The van der Waals surface area contributed by atoms with Crippen LogP contribution in [0, 0.1) is 5.82 Å². The Morgan fingerprint density at radius 3 is 2.71 bits per heavy atom. The second-order valence-electron chi connectivity index (χ2n) is 4.21. The molecule has 0 unspecified atom stereocenters. The highest BCUT2D eigenvalue weighted by Gasteiger charge is 2.09. The van der Waals surface area contributed by atoms with Crippen molar-refractivity contribution in [2.24, 2.45) is 0 Å². The molecular formula is C15H13BrFNO3. The van der Waals surface area contributed by atoms with Gasteiger partial charge in [-0.25, -0.2) is 9.18 Å². The van der Waals surface area contributed by atoms with Gasteiger partial charge in [-0.3, -0.25) is 0 Å². The topological polar surface area (TPSA) is 61.6 Å². The largest absolute Gasteiger partial charge is 0.490 e. The fraction of sp³-hybridized carbons (Fsp3) is 0.133. The van der Waals surface area contributed by atoms with Crippen LogP contribution in [0.3, 0.4) is 0 Å². The monoisotopic (exact) mass is 353 g/mol. The normalized spacial score (nSPS) is 10.2. The van der Waals surface area contributed by atoms with Gasteiger partial charge in [-0.15, -0.1) is 0 Å². The summed E-state index contributed by atoms with van der Waals surface area (Å²) in [6, 6.07) is 10.9. The molecule has 2 aromatic rings. The molecule has 0 saturated carbocycles. The summed E-state index contributed by atoms with van der Waals surface area (Å²) in [5.41, 5.74) is 5.72. The van der Waals surface area contributed by atoms with Crippen LogP contribution in [0.25, 0.3) is 0 Å². The van der Waals surface area contributed by atoms with Gasteiger partial charge in [0, 0.05) is 10.2 Å². The number of carbonyl (C=O) groups is 1. The van der Waals surface area contributed by atoms with Crippen LogP contribution in [0.4, 0.5) is 10.1 Å². The maximum Gasteiger partial charge on any atom is 0.338 e. The van der Waals surface area contributed by atoms with Crippen molar-refractivity contribution in [2.75, 3.05) is 18.9 Å². The molecule has 0 spiro atoms. The van der Waals surface area contributed by atoms with E-state index in [1.807, 2.05) is 12.1 Å². The van der Waals surface area contributed by atoms with Gasteiger partial charge in [0.2, 0.25) is 0 Å². The second kappa shape index (κ2) is 7.08. The van der Waals surface area contributed by atoms with Crippen LogP contribution in [0.2, 0.25) is 0 Å². The quantitative estimate of drug-likeness (QED) is 0.508. The molecule has 0 radical (unpaired) electrons. The van der Waals surface area contributed by atoms with Gasteiger partial charge in [0.05, 0.1) is 5.56 Å². The molecule has 0 bridgehead atoms. The first-order valence-electron chi connectivity index (χ1n) is 6.16. The van der Waals surface area contributed by atoms with E-state index in [1.54, 1.807) is 12.1 Å². The molecule has 0 fully saturated rings. The fourth-order valence-electron chi connectivity index (χ4n) is 1.66. The molecule has 0 amide bonds. The zero-order valence-corrected chi connectivity index (χ0v) is 12.6. The number of carbonyl (C=O) groups excluding carboxylic acids is 1. The van der Waals surface area contributed by atoms with Gasteiger partial charge in [-0.2, -0.15) is 0 Å². The lowest BCUT2D eigenvalue weighted by Gasteiger charge is -2.08. The smallest absolute Gasteiger partial charge is 0.338 e. The molecule has 0 aliphatic heterocycles. The van der Waals surface area contributed by atoms with Crippen molar-refractivity contribution in [1.29, 1.82) is 0 Å². The van der Waals surface area contributed by atoms with Crippen LogP contribution in [-0.2, 0) is 4.74 Å². The summed E-state index contributed by atoms with van der Waals surface area (Å²) in [6.07, 6.45) is 0. The summed E-state index contributed by atoms with van der Waals surface area (Å²) in [6.45, 7) is 0.259. The number of hydrogen-bond acceptors (Lipinski definition) is 4. The third-order valence-corrected chi connectivity index (χ3v) is 3.03. The first-order chi connectivity index (χ1) is 10.0. The molecule has 0 saturated heterocycles.